The number of nitrogens with one attached hydrogen (secondary N) is 2. The first kappa shape index (κ1) is 19.1. The molecule has 3 rings (SSSR count). The van der Waals surface area contributed by atoms with E-state index < -0.39 is 11.6 Å². The Morgan fingerprint density at radius 2 is 2.04 bits per heavy atom. The van der Waals surface area contributed by atoms with E-state index in [1.165, 1.54) is 38.5 Å². The van der Waals surface area contributed by atoms with Crippen molar-refractivity contribution < 1.29 is 18.3 Å². The van der Waals surface area contributed by atoms with Gasteiger partial charge in [0, 0.05) is 18.2 Å². The van der Waals surface area contributed by atoms with Crippen molar-refractivity contribution in [3.8, 4) is 11.5 Å². The summed E-state index contributed by atoms with van der Waals surface area (Å²) in [6.45, 7) is 0.164. The highest BCUT2D eigenvalue weighted by molar-refractivity contribution is 7.80. The van der Waals surface area contributed by atoms with Gasteiger partial charge in [-0.15, -0.1) is 0 Å². The van der Waals surface area contributed by atoms with Crippen LogP contribution in [0, 0.1) is 11.6 Å². The van der Waals surface area contributed by atoms with Crippen molar-refractivity contribution >= 4 is 49.7 Å². The highest BCUT2D eigenvalue weighted by Gasteiger charge is 2.17. The van der Waals surface area contributed by atoms with E-state index in [0.29, 0.717) is 33.0 Å². The minimum Gasteiger partial charge on any atom is -0.495 e. The number of thiazole rings is 1. The van der Waals surface area contributed by atoms with Crippen molar-refractivity contribution in [2.24, 2.45) is 0 Å². The minimum absolute atomic E-state index is 0.164. The zero-order valence-corrected chi connectivity index (χ0v) is 16.1. The number of thiocarbonyl (C=S) groups is 1. The number of halogens is 2. The van der Waals surface area contributed by atoms with Gasteiger partial charge in [0.2, 0.25) is 0 Å². The Kier molecular flexibility index (Phi) is 5.57. The average Bonchev–Trinajstić information content (AvgIpc) is 3.02. The maximum absolute atomic E-state index is 14.3. The van der Waals surface area contributed by atoms with Crippen molar-refractivity contribution in [1.82, 2.24) is 10.3 Å². The molecular weight excluding hydrogens is 394 g/mol. The molecule has 0 fully saturated rings. The Morgan fingerprint density at radius 3 is 2.74 bits per heavy atom. The summed E-state index contributed by atoms with van der Waals surface area (Å²) in [7, 11) is 2.94. The fourth-order valence-corrected chi connectivity index (χ4v) is 3.49. The van der Waals surface area contributed by atoms with Crippen LogP contribution in [0.2, 0.25) is 0 Å². The summed E-state index contributed by atoms with van der Waals surface area (Å²) < 4.78 is 38.6. The van der Waals surface area contributed by atoms with Gasteiger partial charge in [-0.2, -0.15) is 0 Å². The van der Waals surface area contributed by atoms with E-state index in [2.05, 4.69) is 15.6 Å². The molecule has 142 valence electrons. The second-order valence-corrected chi connectivity index (χ2v) is 6.87. The van der Waals surface area contributed by atoms with Crippen molar-refractivity contribution in [1.29, 1.82) is 0 Å². The van der Waals surface area contributed by atoms with Crippen molar-refractivity contribution in [3.63, 3.8) is 0 Å². The predicted octanol–water partition coefficient (Wildman–Crippen LogP) is 3.66. The standard InChI is InChI=1S/C17H16F2N4O2S2/c1-24-12-4-3-9(18)6-11(12)22-17(26)21-7-8-5-10(19)15-13(14(8)25-2)23-16(20)27-15/h3-6H,7H2,1-2H3,(H2,20,23)(H2,21,22,26). The molecule has 0 saturated heterocycles. The zero-order chi connectivity index (χ0) is 19.6. The number of anilines is 2. The summed E-state index contributed by atoms with van der Waals surface area (Å²) >= 11 is 6.28. The summed E-state index contributed by atoms with van der Waals surface area (Å²) in [6.07, 6.45) is 0. The van der Waals surface area contributed by atoms with E-state index in [1.54, 1.807) is 0 Å². The highest BCUT2D eigenvalue weighted by Crippen LogP contribution is 2.36. The van der Waals surface area contributed by atoms with Gasteiger partial charge >= 0.3 is 0 Å². The molecule has 0 radical (unpaired) electrons. The van der Waals surface area contributed by atoms with Crippen LogP contribution < -0.4 is 25.8 Å². The van der Waals surface area contributed by atoms with Crippen LogP contribution in [0.5, 0.6) is 11.5 Å². The molecule has 27 heavy (non-hydrogen) atoms. The predicted molar refractivity (Wildman–Crippen MR) is 107 cm³/mol. The van der Waals surface area contributed by atoms with Crippen molar-refractivity contribution in [2.75, 3.05) is 25.3 Å². The minimum atomic E-state index is -0.442. The lowest BCUT2D eigenvalue weighted by Crippen LogP contribution is -2.28. The van der Waals surface area contributed by atoms with Gasteiger partial charge in [-0.05, 0) is 30.4 Å². The van der Waals surface area contributed by atoms with E-state index in [4.69, 9.17) is 27.4 Å². The SMILES string of the molecule is COc1ccc(F)cc1NC(=S)NCc1cc(F)c2sc(N)nc2c1OC. The highest BCUT2D eigenvalue weighted by atomic mass is 32.1. The number of rotatable bonds is 5. The molecule has 1 aromatic heterocycles. The summed E-state index contributed by atoms with van der Waals surface area (Å²) in [5.74, 6) is -0.0274. The second-order valence-electron chi connectivity index (χ2n) is 5.43. The average molecular weight is 410 g/mol. The Morgan fingerprint density at radius 1 is 1.26 bits per heavy atom. The van der Waals surface area contributed by atoms with Gasteiger partial charge in [0.15, 0.2) is 16.0 Å². The van der Waals surface area contributed by atoms with Gasteiger partial charge in [-0.25, -0.2) is 13.8 Å². The largest absolute Gasteiger partial charge is 0.495 e. The lowest BCUT2D eigenvalue weighted by Gasteiger charge is -2.15. The molecule has 0 atom stereocenters. The van der Waals surface area contributed by atoms with Crippen LogP contribution in [0.4, 0.5) is 19.6 Å². The molecule has 0 amide bonds. The van der Waals surface area contributed by atoms with E-state index in [9.17, 15) is 8.78 Å². The molecule has 0 spiro atoms. The molecule has 4 N–H and O–H groups in total. The maximum atomic E-state index is 14.3. The Hall–Kier alpha value is -2.72. The summed E-state index contributed by atoms with van der Waals surface area (Å²) in [5, 5.41) is 6.24. The zero-order valence-electron chi connectivity index (χ0n) is 14.4. The molecule has 0 unspecified atom stereocenters. The summed E-state index contributed by atoms with van der Waals surface area (Å²) in [6, 6.07) is 5.37. The Bertz CT molecular complexity index is 1010. The number of ether oxygens (including phenoxy) is 2. The van der Waals surface area contributed by atoms with Crippen LogP contribution in [-0.4, -0.2) is 24.3 Å². The Labute approximate surface area is 163 Å². The van der Waals surface area contributed by atoms with E-state index in [1.807, 2.05) is 0 Å². The van der Waals surface area contributed by atoms with Crippen LogP contribution in [-0.2, 0) is 6.54 Å². The van der Waals surface area contributed by atoms with Gasteiger partial charge < -0.3 is 25.8 Å². The van der Waals surface area contributed by atoms with Gasteiger partial charge in [0.1, 0.15) is 22.9 Å². The number of hydrogen-bond donors (Lipinski definition) is 3. The molecular formula is C17H16F2N4O2S2. The first-order valence-electron chi connectivity index (χ1n) is 7.72. The lowest BCUT2D eigenvalue weighted by atomic mass is 10.1. The molecule has 1 heterocycles. The molecule has 10 heteroatoms. The molecule has 6 nitrogen and oxygen atoms in total. The van der Waals surface area contributed by atoms with E-state index in [0.717, 1.165) is 11.3 Å². The van der Waals surface area contributed by atoms with E-state index >= 15 is 0 Å². The number of methoxy groups -OCH3 is 2. The van der Waals surface area contributed by atoms with Crippen LogP contribution in [0.3, 0.4) is 0 Å². The first-order valence-corrected chi connectivity index (χ1v) is 8.95. The number of nitrogens with two attached hydrogens (primary N) is 1. The van der Waals surface area contributed by atoms with Gasteiger partial charge in [-0.3, -0.25) is 0 Å². The number of nitrogen functional groups attached to an aromatic ring is 1. The summed E-state index contributed by atoms with van der Waals surface area (Å²) in [4.78, 5) is 4.13. The topological polar surface area (TPSA) is 81.4 Å². The molecule has 0 aliphatic rings. The lowest BCUT2D eigenvalue weighted by molar-refractivity contribution is 0.412. The number of aromatic nitrogens is 1. The van der Waals surface area contributed by atoms with Crippen LogP contribution >= 0.6 is 23.6 Å². The van der Waals surface area contributed by atoms with E-state index in [-0.39, 0.29) is 16.8 Å². The van der Waals surface area contributed by atoms with Gasteiger partial charge in [-0.1, -0.05) is 11.3 Å². The smallest absolute Gasteiger partial charge is 0.181 e. The fourth-order valence-electron chi connectivity index (χ4n) is 2.57. The third-order valence-corrected chi connectivity index (χ3v) is 4.86. The number of benzene rings is 2. The molecule has 3 aromatic rings. The monoisotopic (exact) mass is 410 g/mol. The van der Waals surface area contributed by atoms with Crippen LogP contribution in [0.1, 0.15) is 5.56 Å². The van der Waals surface area contributed by atoms with Crippen molar-refractivity contribution in [3.05, 3.63) is 41.5 Å². The molecule has 0 aliphatic carbocycles. The third kappa shape index (κ3) is 4.01. The molecule has 0 bridgehead atoms. The maximum Gasteiger partial charge on any atom is 0.181 e. The fraction of sp³-hybridized carbons (Fsp3) is 0.176. The van der Waals surface area contributed by atoms with Crippen LogP contribution in [0.15, 0.2) is 24.3 Å². The molecule has 0 aliphatic heterocycles. The molecule has 0 saturated carbocycles. The second kappa shape index (κ2) is 7.89. The number of fused-ring (bicyclic) bond motifs is 1. The van der Waals surface area contributed by atoms with Gasteiger partial charge in [0.05, 0.1) is 24.6 Å². The summed E-state index contributed by atoms with van der Waals surface area (Å²) in [5.41, 5.74) is 6.93. The third-order valence-electron chi connectivity index (χ3n) is 3.72. The Balaban J connectivity index is 1.78. The van der Waals surface area contributed by atoms with Crippen LogP contribution in [0.25, 0.3) is 10.2 Å². The van der Waals surface area contributed by atoms with Gasteiger partial charge in [0.25, 0.3) is 0 Å². The first-order chi connectivity index (χ1) is 12.9. The van der Waals surface area contributed by atoms with Crippen molar-refractivity contribution in [2.45, 2.75) is 6.54 Å². The number of hydrogen-bond acceptors (Lipinski definition) is 6. The normalized spacial score (nSPS) is 10.7. The number of nitrogens with zero attached hydrogens (tertiary/aromatic N) is 1. The quantitative estimate of drug-likeness (QED) is 0.554. The molecule has 2 aromatic carbocycles.